The molecule has 0 aromatic heterocycles. The van der Waals surface area contributed by atoms with Crippen molar-refractivity contribution in [1.29, 1.82) is 5.26 Å². The SMILES string of the molecule is COC(=O)C(NC(=O)CNc1ccc(C#N)cc1)c1ccccc1. The molecule has 2 N–H and O–H groups in total. The lowest BCUT2D eigenvalue weighted by Crippen LogP contribution is -2.37. The molecule has 1 atom stereocenters. The standard InChI is InChI=1S/C18H17N3O3/c1-24-18(23)17(14-5-3-2-4-6-14)21-16(22)12-20-15-9-7-13(11-19)8-10-15/h2-10,17,20H,12H2,1H3,(H,21,22). The number of nitrogens with one attached hydrogen (secondary N) is 2. The molecule has 0 fully saturated rings. The van der Waals surface area contributed by atoms with Gasteiger partial charge in [-0.2, -0.15) is 5.26 Å². The molecule has 0 spiro atoms. The Morgan fingerprint density at radius 1 is 1.12 bits per heavy atom. The van der Waals surface area contributed by atoms with Crippen LogP contribution < -0.4 is 10.6 Å². The van der Waals surface area contributed by atoms with E-state index in [4.69, 9.17) is 10.00 Å². The number of nitriles is 1. The van der Waals surface area contributed by atoms with E-state index in [-0.39, 0.29) is 12.5 Å². The number of nitrogens with zero attached hydrogens (tertiary/aromatic N) is 1. The predicted octanol–water partition coefficient (Wildman–Crippen LogP) is 2.00. The van der Waals surface area contributed by atoms with Crippen molar-refractivity contribution >= 4 is 17.6 Å². The van der Waals surface area contributed by atoms with Gasteiger partial charge in [-0.25, -0.2) is 4.79 Å². The van der Waals surface area contributed by atoms with Gasteiger partial charge in [-0.05, 0) is 29.8 Å². The molecule has 0 heterocycles. The molecule has 2 rings (SSSR count). The summed E-state index contributed by atoms with van der Waals surface area (Å²) >= 11 is 0. The number of ether oxygens (including phenoxy) is 1. The summed E-state index contributed by atoms with van der Waals surface area (Å²) < 4.78 is 4.75. The minimum absolute atomic E-state index is 0.00771. The van der Waals surface area contributed by atoms with Crippen molar-refractivity contribution in [2.24, 2.45) is 0 Å². The summed E-state index contributed by atoms with van der Waals surface area (Å²) in [7, 11) is 1.28. The highest BCUT2D eigenvalue weighted by molar-refractivity contribution is 5.87. The van der Waals surface area contributed by atoms with Crippen LogP contribution in [-0.4, -0.2) is 25.5 Å². The van der Waals surface area contributed by atoms with Gasteiger partial charge in [-0.3, -0.25) is 4.79 Å². The van der Waals surface area contributed by atoms with Crippen LogP contribution in [0.15, 0.2) is 54.6 Å². The fourth-order valence-corrected chi connectivity index (χ4v) is 2.10. The van der Waals surface area contributed by atoms with Crippen molar-refractivity contribution < 1.29 is 14.3 Å². The molecule has 0 aliphatic heterocycles. The molecule has 0 aliphatic rings. The van der Waals surface area contributed by atoms with Crippen LogP contribution in [0, 0.1) is 11.3 Å². The van der Waals surface area contributed by atoms with Gasteiger partial charge >= 0.3 is 5.97 Å². The highest BCUT2D eigenvalue weighted by atomic mass is 16.5. The van der Waals surface area contributed by atoms with Gasteiger partial charge in [0.1, 0.15) is 0 Å². The zero-order valence-electron chi connectivity index (χ0n) is 13.2. The van der Waals surface area contributed by atoms with E-state index in [9.17, 15) is 9.59 Å². The molecule has 1 amide bonds. The summed E-state index contributed by atoms with van der Waals surface area (Å²) in [6.07, 6.45) is 0. The Kier molecular flexibility index (Phi) is 5.92. The second-order valence-corrected chi connectivity index (χ2v) is 4.98. The lowest BCUT2D eigenvalue weighted by Gasteiger charge is -2.17. The summed E-state index contributed by atoms with van der Waals surface area (Å²) in [5.41, 5.74) is 1.90. The molecule has 0 bridgehead atoms. The van der Waals surface area contributed by atoms with Gasteiger partial charge in [-0.15, -0.1) is 0 Å². The fourth-order valence-electron chi connectivity index (χ4n) is 2.10. The van der Waals surface area contributed by atoms with Gasteiger partial charge < -0.3 is 15.4 Å². The van der Waals surface area contributed by atoms with Gasteiger partial charge in [0.2, 0.25) is 5.91 Å². The number of rotatable bonds is 6. The average Bonchev–Trinajstić information content (AvgIpc) is 2.65. The average molecular weight is 323 g/mol. The number of methoxy groups -OCH3 is 1. The third-order valence-electron chi connectivity index (χ3n) is 3.34. The van der Waals surface area contributed by atoms with Crippen LogP contribution in [0.5, 0.6) is 0 Å². The van der Waals surface area contributed by atoms with E-state index in [1.807, 2.05) is 12.1 Å². The summed E-state index contributed by atoms with van der Waals surface area (Å²) in [4.78, 5) is 24.0. The number of carbonyl (C=O) groups is 2. The van der Waals surface area contributed by atoms with Crippen molar-refractivity contribution in [3.63, 3.8) is 0 Å². The first-order valence-corrected chi connectivity index (χ1v) is 7.30. The van der Waals surface area contributed by atoms with E-state index in [1.165, 1.54) is 7.11 Å². The molecule has 24 heavy (non-hydrogen) atoms. The van der Waals surface area contributed by atoms with Gasteiger partial charge in [0.05, 0.1) is 25.3 Å². The normalized spacial score (nSPS) is 11.0. The molecule has 6 nitrogen and oxygen atoms in total. The molecule has 1 unspecified atom stereocenters. The smallest absolute Gasteiger partial charge is 0.333 e. The number of anilines is 1. The highest BCUT2D eigenvalue weighted by Crippen LogP contribution is 2.14. The molecule has 0 saturated heterocycles. The van der Waals surface area contributed by atoms with Crippen molar-refractivity contribution in [1.82, 2.24) is 5.32 Å². The topological polar surface area (TPSA) is 91.2 Å². The number of benzene rings is 2. The minimum atomic E-state index is -0.855. The van der Waals surface area contributed by atoms with Crippen LogP contribution in [0.3, 0.4) is 0 Å². The van der Waals surface area contributed by atoms with Crippen LogP contribution in [0.2, 0.25) is 0 Å². The monoisotopic (exact) mass is 323 g/mol. The van der Waals surface area contributed by atoms with Crippen LogP contribution in [-0.2, 0) is 14.3 Å². The number of esters is 1. The number of hydrogen-bond acceptors (Lipinski definition) is 5. The Balaban J connectivity index is 1.97. The molecular formula is C18H17N3O3. The lowest BCUT2D eigenvalue weighted by molar-refractivity contribution is -0.145. The second-order valence-electron chi connectivity index (χ2n) is 4.98. The Hall–Kier alpha value is -3.33. The van der Waals surface area contributed by atoms with Gasteiger partial charge in [0.15, 0.2) is 6.04 Å². The van der Waals surface area contributed by atoms with E-state index in [0.717, 1.165) is 0 Å². The summed E-state index contributed by atoms with van der Waals surface area (Å²) in [6.45, 7) is -0.00771. The number of amides is 1. The first-order chi connectivity index (χ1) is 11.6. The summed E-state index contributed by atoms with van der Waals surface area (Å²) in [5, 5.41) is 14.3. The van der Waals surface area contributed by atoms with Crippen molar-refractivity contribution in [3.8, 4) is 6.07 Å². The molecule has 0 saturated carbocycles. The van der Waals surface area contributed by atoms with Gasteiger partial charge in [0.25, 0.3) is 0 Å². The largest absolute Gasteiger partial charge is 0.467 e. The second kappa shape index (κ2) is 8.34. The van der Waals surface area contributed by atoms with Gasteiger partial charge in [-0.1, -0.05) is 30.3 Å². The highest BCUT2D eigenvalue weighted by Gasteiger charge is 2.23. The Bertz CT molecular complexity index is 736. The van der Waals surface area contributed by atoms with Crippen LogP contribution >= 0.6 is 0 Å². The van der Waals surface area contributed by atoms with Crippen molar-refractivity contribution in [2.75, 3.05) is 19.0 Å². The van der Waals surface area contributed by atoms with E-state index < -0.39 is 12.0 Å². The third kappa shape index (κ3) is 4.58. The molecule has 2 aromatic rings. The maximum absolute atomic E-state index is 12.1. The molecule has 0 aliphatic carbocycles. The zero-order valence-corrected chi connectivity index (χ0v) is 13.2. The minimum Gasteiger partial charge on any atom is -0.467 e. The van der Waals surface area contributed by atoms with Crippen LogP contribution in [0.1, 0.15) is 17.2 Å². The number of hydrogen-bond donors (Lipinski definition) is 2. The first kappa shape index (κ1) is 17.0. The molecule has 2 aromatic carbocycles. The molecule has 122 valence electrons. The Morgan fingerprint density at radius 2 is 1.79 bits per heavy atom. The van der Waals surface area contributed by atoms with E-state index in [0.29, 0.717) is 16.8 Å². The number of carbonyl (C=O) groups excluding carboxylic acids is 2. The maximum Gasteiger partial charge on any atom is 0.333 e. The maximum atomic E-state index is 12.1. The van der Waals surface area contributed by atoms with Crippen molar-refractivity contribution in [3.05, 3.63) is 65.7 Å². The third-order valence-corrected chi connectivity index (χ3v) is 3.34. The van der Waals surface area contributed by atoms with Crippen LogP contribution in [0.25, 0.3) is 0 Å². The lowest BCUT2D eigenvalue weighted by atomic mass is 10.1. The molecule has 6 heteroatoms. The quantitative estimate of drug-likeness (QED) is 0.793. The molecular weight excluding hydrogens is 306 g/mol. The van der Waals surface area contributed by atoms with Crippen molar-refractivity contribution in [2.45, 2.75) is 6.04 Å². The van der Waals surface area contributed by atoms with E-state index in [1.54, 1.807) is 48.5 Å². The Labute approximate surface area is 140 Å². The van der Waals surface area contributed by atoms with E-state index in [2.05, 4.69) is 10.6 Å². The first-order valence-electron chi connectivity index (χ1n) is 7.30. The zero-order chi connectivity index (χ0) is 17.4. The fraction of sp³-hybridized carbons (Fsp3) is 0.167. The Morgan fingerprint density at radius 3 is 2.38 bits per heavy atom. The summed E-state index contributed by atoms with van der Waals surface area (Å²) in [6, 6.07) is 16.8. The summed E-state index contributed by atoms with van der Waals surface area (Å²) in [5.74, 6) is -0.883. The van der Waals surface area contributed by atoms with E-state index >= 15 is 0 Å². The van der Waals surface area contributed by atoms with Gasteiger partial charge in [0, 0.05) is 5.69 Å². The van der Waals surface area contributed by atoms with Crippen LogP contribution in [0.4, 0.5) is 5.69 Å². The molecule has 0 radical (unpaired) electrons. The predicted molar refractivity (Wildman–Crippen MR) is 89.0 cm³/mol.